The number of methoxy groups -OCH3 is 1. The minimum Gasteiger partial charge on any atom is -0.508 e. The summed E-state index contributed by atoms with van der Waals surface area (Å²) in [5.74, 6) is 0.815. The molecule has 13 heavy (non-hydrogen) atoms. The van der Waals surface area contributed by atoms with E-state index in [9.17, 15) is 5.11 Å². The summed E-state index contributed by atoms with van der Waals surface area (Å²) in [6.07, 6.45) is 0. The van der Waals surface area contributed by atoms with Crippen molar-refractivity contribution in [3.8, 4) is 11.5 Å². The van der Waals surface area contributed by atoms with Gasteiger partial charge in [-0.1, -0.05) is 0 Å². The van der Waals surface area contributed by atoms with Gasteiger partial charge in [-0.15, -0.1) is 0 Å². The molecule has 0 saturated heterocycles. The molecule has 0 fully saturated rings. The number of rotatable bonds is 3. The summed E-state index contributed by atoms with van der Waals surface area (Å²) in [5, 5.41) is 9.44. The van der Waals surface area contributed by atoms with Crippen molar-refractivity contribution in [2.45, 2.75) is 6.04 Å². The fourth-order valence-electron chi connectivity index (χ4n) is 1.08. The van der Waals surface area contributed by atoms with Gasteiger partial charge in [0.2, 0.25) is 0 Å². The molecule has 0 spiro atoms. The lowest BCUT2D eigenvalue weighted by Crippen LogP contribution is -2.20. The molecular weight excluding hydrogens is 168 g/mol. The number of hydrogen-bond acceptors (Lipinski definition) is 4. The van der Waals surface area contributed by atoms with Gasteiger partial charge in [-0.05, 0) is 18.2 Å². The lowest BCUT2D eigenvalue weighted by molar-refractivity contribution is 0.409. The summed E-state index contributed by atoms with van der Waals surface area (Å²) in [5.41, 5.74) is 11.7. The highest BCUT2D eigenvalue weighted by molar-refractivity contribution is 5.41. The first-order chi connectivity index (χ1) is 6.19. The van der Waals surface area contributed by atoms with Crippen molar-refractivity contribution in [3.05, 3.63) is 23.8 Å². The molecule has 4 heteroatoms. The third-order valence-corrected chi connectivity index (χ3v) is 1.89. The predicted molar refractivity (Wildman–Crippen MR) is 50.6 cm³/mol. The van der Waals surface area contributed by atoms with Crippen molar-refractivity contribution >= 4 is 0 Å². The maximum atomic E-state index is 9.44. The molecule has 1 atom stereocenters. The van der Waals surface area contributed by atoms with Crippen molar-refractivity contribution in [2.75, 3.05) is 13.7 Å². The average Bonchev–Trinajstić information content (AvgIpc) is 2.17. The topological polar surface area (TPSA) is 81.5 Å². The van der Waals surface area contributed by atoms with Crippen LogP contribution in [0.5, 0.6) is 11.5 Å². The first-order valence-electron chi connectivity index (χ1n) is 4.01. The van der Waals surface area contributed by atoms with Crippen LogP contribution in [0, 0.1) is 0 Å². The highest BCUT2D eigenvalue weighted by Crippen LogP contribution is 2.26. The smallest absolute Gasteiger partial charge is 0.120 e. The second-order valence-corrected chi connectivity index (χ2v) is 2.77. The summed E-state index contributed by atoms with van der Waals surface area (Å²) in [6.45, 7) is 0.292. The molecule has 0 radical (unpaired) electrons. The molecule has 1 rings (SSSR count). The van der Waals surface area contributed by atoms with E-state index in [0.29, 0.717) is 17.9 Å². The highest BCUT2D eigenvalue weighted by atomic mass is 16.5. The Morgan fingerprint density at radius 3 is 2.77 bits per heavy atom. The minimum atomic E-state index is -0.352. The molecule has 72 valence electrons. The zero-order valence-corrected chi connectivity index (χ0v) is 7.53. The maximum absolute atomic E-state index is 9.44. The largest absolute Gasteiger partial charge is 0.508 e. The molecule has 0 bridgehead atoms. The van der Waals surface area contributed by atoms with Crippen LogP contribution in [0.15, 0.2) is 18.2 Å². The summed E-state index contributed by atoms with van der Waals surface area (Å²) < 4.78 is 5.00. The van der Waals surface area contributed by atoms with E-state index in [1.54, 1.807) is 25.3 Å². The minimum absolute atomic E-state index is 0.152. The van der Waals surface area contributed by atoms with E-state index in [2.05, 4.69) is 0 Å². The molecule has 1 aromatic rings. The summed E-state index contributed by atoms with van der Waals surface area (Å²) >= 11 is 0. The van der Waals surface area contributed by atoms with Crippen LogP contribution in [-0.2, 0) is 0 Å². The van der Waals surface area contributed by atoms with Gasteiger partial charge in [0.05, 0.1) is 7.11 Å². The fraction of sp³-hybridized carbons (Fsp3) is 0.333. The molecular formula is C9H14N2O2. The van der Waals surface area contributed by atoms with Gasteiger partial charge >= 0.3 is 0 Å². The number of nitrogens with two attached hydrogens (primary N) is 2. The number of benzene rings is 1. The first-order valence-corrected chi connectivity index (χ1v) is 4.01. The number of phenolic OH excluding ortho intramolecular Hbond substituents is 1. The van der Waals surface area contributed by atoms with E-state index in [1.165, 1.54) is 0 Å². The van der Waals surface area contributed by atoms with Crippen molar-refractivity contribution in [2.24, 2.45) is 11.5 Å². The highest BCUT2D eigenvalue weighted by Gasteiger charge is 2.09. The molecule has 0 aliphatic rings. The fourth-order valence-corrected chi connectivity index (χ4v) is 1.08. The van der Waals surface area contributed by atoms with Crippen LogP contribution in [0.2, 0.25) is 0 Å². The molecule has 0 heterocycles. The second kappa shape index (κ2) is 4.11. The quantitative estimate of drug-likeness (QED) is 0.630. The van der Waals surface area contributed by atoms with E-state index in [-0.39, 0.29) is 11.8 Å². The van der Waals surface area contributed by atoms with Crippen LogP contribution >= 0.6 is 0 Å². The molecule has 0 aliphatic carbocycles. The predicted octanol–water partition coefficient (Wildman–Crippen LogP) is 0.359. The Labute approximate surface area is 77.1 Å². The summed E-state index contributed by atoms with van der Waals surface area (Å²) in [6, 6.07) is 4.55. The van der Waals surface area contributed by atoms with Crippen molar-refractivity contribution in [1.82, 2.24) is 0 Å². The lowest BCUT2D eigenvalue weighted by Gasteiger charge is -2.12. The number of aromatic hydroxyl groups is 1. The average molecular weight is 182 g/mol. The van der Waals surface area contributed by atoms with Crippen LogP contribution in [0.4, 0.5) is 0 Å². The Bertz CT molecular complexity index is 289. The van der Waals surface area contributed by atoms with E-state index >= 15 is 0 Å². The van der Waals surface area contributed by atoms with Gasteiger partial charge in [0, 0.05) is 18.2 Å². The molecule has 5 N–H and O–H groups in total. The third kappa shape index (κ3) is 2.11. The Balaban J connectivity index is 3.03. The standard InChI is InChI=1S/C9H14N2O2/c1-13-6-2-3-9(12)7(4-6)8(11)5-10/h2-4,8,12H,5,10-11H2,1H3. The van der Waals surface area contributed by atoms with Crippen LogP contribution in [-0.4, -0.2) is 18.8 Å². The first kappa shape index (κ1) is 9.83. The zero-order valence-electron chi connectivity index (χ0n) is 7.53. The Kier molecular flexibility index (Phi) is 3.11. The molecule has 4 nitrogen and oxygen atoms in total. The number of phenols is 1. The number of ether oxygens (including phenoxy) is 1. The molecule has 0 saturated carbocycles. The summed E-state index contributed by atoms with van der Waals surface area (Å²) in [7, 11) is 1.56. The van der Waals surface area contributed by atoms with Crippen LogP contribution in [0.1, 0.15) is 11.6 Å². The van der Waals surface area contributed by atoms with Gasteiger partial charge in [-0.2, -0.15) is 0 Å². The normalized spacial score (nSPS) is 12.5. The Hall–Kier alpha value is -1.26. The monoisotopic (exact) mass is 182 g/mol. The van der Waals surface area contributed by atoms with E-state index in [1.807, 2.05) is 0 Å². The van der Waals surface area contributed by atoms with Gasteiger partial charge in [-0.3, -0.25) is 0 Å². The summed E-state index contributed by atoms with van der Waals surface area (Å²) in [4.78, 5) is 0. The van der Waals surface area contributed by atoms with Crippen LogP contribution < -0.4 is 16.2 Å². The molecule has 1 unspecified atom stereocenters. The van der Waals surface area contributed by atoms with Crippen LogP contribution in [0.25, 0.3) is 0 Å². The van der Waals surface area contributed by atoms with Gasteiger partial charge in [0.25, 0.3) is 0 Å². The van der Waals surface area contributed by atoms with E-state index < -0.39 is 0 Å². The molecule has 0 aromatic heterocycles. The van der Waals surface area contributed by atoms with E-state index in [4.69, 9.17) is 16.2 Å². The van der Waals surface area contributed by atoms with Gasteiger partial charge in [0.1, 0.15) is 11.5 Å². The van der Waals surface area contributed by atoms with Crippen LogP contribution in [0.3, 0.4) is 0 Å². The van der Waals surface area contributed by atoms with Gasteiger partial charge < -0.3 is 21.3 Å². The molecule has 0 aliphatic heterocycles. The SMILES string of the molecule is COc1ccc(O)c(C(N)CN)c1. The zero-order chi connectivity index (χ0) is 9.84. The number of hydrogen-bond donors (Lipinski definition) is 3. The Morgan fingerprint density at radius 2 is 2.23 bits per heavy atom. The Morgan fingerprint density at radius 1 is 1.54 bits per heavy atom. The maximum Gasteiger partial charge on any atom is 0.120 e. The van der Waals surface area contributed by atoms with Gasteiger partial charge in [0.15, 0.2) is 0 Å². The van der Waals surface area contributed by atoms with Gasteiger partial charge in [-0.25, -0.2) is 0 Å². The lowest BCUT2D eigenvalue weighted by atomic mass is 10.1. The van der Waals surface area contributed by atoms with Crippen molar-refractivity contribution < 1.29 is 9.84 Å². The van der Waals surface area contributed by atoms with Crippen molar-refractivity contribution in [1.29, 1.82) is 0 Å². The second-order valence-electron chi connectivity index (χ2n) is 2.77. The molecule has 1 aromatic carbocycles. The van der Waals surface area contributed by atoms with Crippen molar-refractivity contribution in [3.63, 3.8) is 0 Å². The molecule has 0 amide bonds. The van der Waals surface area contributed by atoms with E-state index in [0.717, 1.165) is 0 Å². The third-order valence-electron chi connectivity index (χ3n) is 1.89.